The molecular weight excluding hydrogens is 332 g/mol. The van der Waals surface area contributed by atoms with Gasteiger partial charge in [-0.15, -0.1) is 11.3 Å². The highest BCUT2D eigenvalue weighted by Gasteiger charge is 2.28. The zero-order chi connectivity index (χ0) is 17.8. The molecule has 25 heavy (non-hydrogen) atoms. The lowest BCUT2D eigenvalue weighted by atomic mass is 10.00. The van der Waals surface area contributed by atoms with Crippen LogP contribution in [0.2, 0.25) is 0 Å². The van der Waals surface area contributed by atoms with Crippen molar-refractivity contribution in [3.63, 3.8) is 0 Å². The Bertz CT molecular complexity index is 724. The fourth-order valence-electron chi connectivity index (χ4n) is 3.31. The van der Waals surface area contributed by atoms with Crippen LogP contribution in [0.25, 0.3) is 0 Å². The van der Waals surface area contributed by atoms with Crippen LogP contribution in [0, 0.1) is 13.8 Å². The van der Waals surface area contributed by atoms with Crippen LogP contribution in [-0.4, -0.2) is 28.4 Å². The molecule has 1 amide bonds. The number of ether oxygens (including phenoxy) is 1. The molecule has 1 aromatic carbocycles. The van der Waals surface area contributed by atoms with Crippen LogP contribution in [0.5, 0.6) is 5.75 Å². The van der Waals surface area contributed by atoms with E-state index in [-0.39, 0.29) is 5.91 Å². The van der Waals surface area contributed by atoms with Crippen molar-refractivity contribution < 1.29 is 9.53 Å². The minimum Gasteiger partial charge on any atom is -0.486 e. The summed E-state index contributed by atoms with van der Waals surface area (Å²) in [4.78, 5) is 20.3. The Morgan fingerprint density at radius 3 is 2.76 bits per heavy atom. The second-order valence-corrected chi connectivity index (χ2v) is 7.76. The number of hydrogen-bond acceptors (Lipinski definition) is 4. The summed E-state index contributed by atoms with van der Waals surface area (Å²) < 4.78 is 5.81. The van der Waals surface area contributed by atoms with E-state index >= 15 is 0 Å². The Hall–Kier alpha value is -1.88. The van der Waals surface area contributed by atoms with Crippen LogP contribution in [0.15, 0.2) is 24.3 Å². The maximum absolute atomic E-state index is 13.0. The molecule has 1 aliphatic rings. The molecule has 2 aromatic rings. The molecule has 0 saturated carbocycles. The van der Waals surface area contributed by atoms with Gasteiger partial charge in [-0.3, -0.25) is 4.79 Å². The van der Waals surface area contributed by atoms with Crippen LogP contribution in [-0.2, 0) is 6.61 Å². The number of aryl methyl sites for hydroxylation is 2. The van der Waals surface area contributed by atoms with Crippen LogP contribution >= 0.6 is 11.3 Å². The fourth-order valence-corrected chi connectivity index (χ4v) is 4.25. The van der Waals surface area contributed by atoms with E-state index in [4.69, 9.17) is 4.74 Å². The molecule has 5 heteroatoms. The summed E-state index contributed by atoms with van der Waals surface area (Å²) in [6, 6.07) is 8.34. The van der Waals surface area contributed by atoms with Gasteiger partial charge in [-0.2, -0.15) is 0 Å². The molecule has 1 atom stereocenters. The average molecular weight is 359 g/mol. The zero-order valence-corrected chi connectivity index (χ0v) is 16.1. The molecule has 0 aliphatic carbocycles. The monoisotopic (exact) mass is 358 g/mol. The third kappa shape index (κ3) is 4.21. The molecule has 4 nitrogen and oxygen atoms in total. The van der Waals surface area contributed by atoms with Crippen molar-refractivity contribution in [2.24, 2.45) is 0 Å². The first-order valence-corrected chi connectivity index (χ1v) is 9.87. The van der Waals surface area contributed by atoms with Gasteiger partial charge >= 0.3 is 0 Å². The maximum Gasteiger partial charge on any atom is 0.266 e. The molecule has 0 bridgehead atoms. The summed E-state index contributed by atoms with van der Waals surface area (Å²) in [5.41, 5.74) is 2.02. The standard InChI is InChI=1S/C20H26N2O2S/c1-4-16-7-5-6-12-22(16)20(23)19-15(3)21-18(25-19)13-24-17-10-8-14(2)9-11-17/h8-11,16H,4-7,12-13H2,1-3H3. The molecular formula is C20H26N2O2S. The van der Waals surface area contributed by atoms with Gasteiger partial charge in [0, 0.05) is 12.6 Å². The number of carbonyl (C=O) groups excluding carboxylic acids is 1. The van der Waals surface area contributed by atoms with E-state index in [1.165, 1.54) is 23.3 Å². The fraction of sp³-hybridized carbons (Fsp3) is 0.500. The molecule has 0 radical (unpaired) electrons. The zero-order valence-electron chi connectivity index (χ0n) is 15.2. The summed E-state index contributed by atoms with van der Waals surface area (Å²) in [5.74, 6) is 0.969. The van der Waals surface area contributed by atoms with Gasteiger partial charge in [0.2, 0.25) is 0 Å². The maximum atomic E-state index is 13.0. The van der Waals surface area contributed by atoms with Crippen molar-refractivity contribution in [2.45, 2.75) is 59.1 Å². The lowest BCUT2D eigenvalue weighted by Gasteiger charge is -2.35. The lowest BCUT2D eigenvalue weighted by molar-refractivity contribution is 0.0612. The third-order valence-corrected chi connectivity index (χ3v) is 5.90. The van der Waals surface area contributed by atoms with Crippen LogP contribution in [0.3, 0.4) is 0 Å². The number of thiazole rings is 1. The molecule has 0 spiro atoms. The SMILES string of the molecule is CCC1CCCCN1C(=O)c1sc(COc2ccc(C)cc2)nc1C. The molecule has 3 rings (SSSR count). The molecule has 0 N–H and O–H groups in total. The van der Waals surface area contributed by atoms with Crippen molar-refractivity contribution in [3.05, 3.63) is 45.4 Å². The summed E-state index contributed by atoms with van der Waals surface area (Å²) >= 11 is 1.47. The van der Waals surface area contributed by atoms with E-state index in [9.17, 15) is 4.79 Å². The van der Waals surface area contributed by atoms with Crippen molar-refractivity contribution in [1.82, 2.24) is 9.88 Å². The van der Waals surface area contributed by atoms with Crippen molar-refractivity contribution in [1.29, 1.82) is 0 Å². The highest BCUT2D eigenvalue weighted by molar-refractivity contribution is 7.13. The number of carbonyl (C=O) groups is 1. The van der Waals surface area contributed by atoms with Crippen molar-refractivity contribution in [3.8, 4) is 5.75 Å². The van der Waals surface area contributed by atoms with Crippen LogP contribution in [0.1, 0.15) is 58.5 Å². The Kier molecular flexibility index (Phi) is 5.74. The van der Waals surface area contributed by atoms with E-state index in [0.29, 0.717) is 12.6 Å². The second kappa shape index (κ2) is 8.00. The van der Waals surface area contributed by atoms with Crippen LogP contribution in [0.4, 0.5) is 0 Å². The third-order valence-electron chi connectivity index (χ3n) is 4.78. The van der Waals surface area contributed by atoms with Gasteiger partial charge in [0.1, 0.15) is 22.2 Å². The van der Waals surface area contributed by atoms with E-state index < -0.39 is 0 Å². The molecule has 1 aromatic heterocycles. The van der Waals surface area contributed by atoms with Gasteiger partial charge in [0.15, 0.2) is 0 Å². The highest BCUT2D eigenvalue weighted by Crippen LogP contribution is 2.26. The summed E-state index contributed by atoms with van der Waals surface area (Å²) in [6.07, 6.45) is 4.46. The molecule has 2 heterocycles. The summed E-state index contributed by atoms with van der Waals surface area (Å²) in [7, 11) is 0. The van der Waals surface area contributed by atoms with E-state index in [2.05, 4.69) is 23.7 Å². The number of benzene rings is 1. The highest BCUT2D eigenvalue weighted by atomic mass is 32.1. The normalized spacial score (nSPS) is 17.6. The molecule has 134 valence electrons. The van der Waals surface area contributed by atoms with Gasteiger partial charge in [0.25, 0.3) is 5.91 Å². The van der Waals surface area contributed by atoms with Crippen LogP contribution < -0.4 is 4.74 Å². The number of piperidine rings is 1. The first kappa shape index (κ1) is 17.9. The number of hydrogen-bond donors (Lipinski definition) is 0. The summed E-state index contributed by atoms with van der Waals surface area (Å²) in [6.45, 7) is 7.40. The van der Waals surface area contributed by atoms with Gasteiger partial charge in [0.05, 0.1) is 5.69 Å². The Balaban J connectivity index is 1.68. The lowest BCUT2D eigenvalue weighted by Crippen LogP contribution is -2.43. The molecule has 1 aliphatic heterocycles. The number of amides is 1. The van der Waals surface area contributed by atoms with E-state index in [0.717, 1.165) is 47.1 Å². The van der Waals surface area contributed by atoms with E-state index in [1.54, 1.807) is 0 Å². The largest absolute Gasteiger partial charge is 0.486 e. The number of rotatable bonds is 5. The Morgan fingerprint density at radius 1 is 1.28 bits per heavy atom. The van der Waals surface area contributed by atoms with Crippen molar-refractivity contribution in [2.75, 3.05) is 6.54 Å². The second-order valence-electron chi connectivity index (χ2n) is 6.68. The Morgan fingerprint density at radius 2 is 2.04 bits per heavy atom. The number of aromatic nitrogens is 1. The Labute approximate surface area is 153 Å². The van der Waals surface area contributed by atoms with Gasteiger partial charge < -0.3 is 9.64 Å². The van der Waals surface area contributed by atoms with E-state index in [1.807, 2.05) is 31.2 Å². The molecule has 1 unspecified atom stereocenters. The minimum absolute atomic E-state index is 0.142. The molecule has 1 fully saturated rings. The number of likely N-dealkylation sites (tertiary alicyclic amines) is 1. The summed E-state index contributed by atoms with van der Waals surface area (Å²) in [5, 5.41) is 0.853. The molecule has 1 saturated heterocycles. The van der Waals surface area contributed by atoms with Gasteiger partial charge in [-0.25, -0.2) is 4.98 Å². The average Bonchev–Trinajstić information content (AvgIpc) is 3.01. The number of nitrogens with zero attached hydrogens (tertiary/aromatic N) is 2. The minimum atomic E-state index is 0.142. The predicted octanol–water partition coefficient (Wildman–Crippen LogP) is 4.74. The first-order valence-electron chi connectivity index (χ1n) is 9.05. The first-order chi connectivity index (χ1) is 12.1. The van der Waals surface area contributed by atoms with Gasteiger partial charge in [-0.1, -0.05) is 24.6 Å². The smallest absolute Gasteiger partial charge is 0.266 e. The topological polar surface area (TPSA) is 42.4 Å². The van der Waals surface area contributed by atoms with Crippen molar-refractivity contribution >= 4 is 17.2 Å². The quantitative estimate of drug-likeness (QED) is 0.775. The predicted molar refractivity (Wildman–Crippen MR) is 101 cm³/mol. The van der Waals surface area contributed by atoms with Gasteiger partial charge in [-0.05, 0) is 51.7 Å².